The Morgan fingerprint density at radius 1 is 0.557 bits per heavy atom. The summed E-state index contributed by atoms with van der Waals surface area (Å²) >= 11 is 0. The van der Waals surface area contributed by atoms with Gasteiger partial charge >= 0.3 is 0 Å². The Balaban J connectivity index is 2.03. The summed E-state index contributed by atoms with van der Waals surface area (Å²) in [5, 5.41) is 25.6. The minimum Gasteiger partial charge on any atom is -0.391 e. The number of carbonyl (C=O) groups is 12. The van der Waals surface area contributed by atoms with Gasteiger partial charge in [-0.05, 0) is 115 Å². The first-order chi connectivity index (χ1) is 49.7. The third-order valence-electron chi connectivity index (χ3n) is 19.4. The zero-order valence-electron chi connectivity index (χ0n) is 66.9. The van der Waals surface area contributed by atoms with Gasteiger partial charge in [-0.25, -0.2) is 0 Å². The monoisotopic (exact) mass is 1490 g/mol. The second kappa shape index (κ2) is 43.1. The van der Waals surface area contributed by atoms with Crippen LogP contribution < -0.4 is 26.6 Å². The molecule has 2 aliphatic heterocycles. The van der Waals surface area contributed by atoms with Crippen molar-refractivity contribution in [2.24, 2.45) is 23.7 Å². The summed E-state index contributed by atoms with van der Waals surface area (Å²) in [6.45, 7) is 22.3. The van der Waals surface area contributed by atoms with Crippen LogP contribution in [0.1, 0.15) is 153 Å². The minimum atomic E-state index is -1.68. The van der Waals surface area contributed by atoms with E-state index in [1.54, 1.807) is 114 Å². The molecule has 0 spiro atoms. The van der Waals surface area contributed by atoms with E-state index in [2.05, 4.69) is 26.6 Å². The van der Waals surface area contributed by atoms with Crippen molar-refractivity contribution in [3.05, 3.63) is 71.8 Å². The number of likely N-dealkylation sites (tertiary alicyclic amines) is 1. The van der Waals surface area contributed by atoms with Crippen LogP contribution in [0.3, 0.4) is 0 Å². The summed E-state index contributed by atoms with van der Waals surface area (Å²) in [4.78, 5) is 193. The molecule has 0 bridgehead atoms. The first-order valence-corrected chi connectivity index (χ1v) is 37.7. The van der Waals surface area contributed by atoms with Gasteiger partial charge in [-0.3, -0.25) is 57.5 Å². The second-order valence-corrected chi connectivity index (χ2v) is 31.4. The molecule has 2 fully saturated rings. The number of hydrogen-bond donors (Lipinski definition) is 6. The number of amides is 12. The first-order valence-electron chi connectivity index (χ1n) is 37.7. The zero-order chi connectivity index (χ0) is 79.6. The normalized spacial score (nSPS) is 24.4. The number of benzene rings is 2. The smallest absolute Gasteiger partial charge is 0.248 e. The quantitative estimate of drug-likeness (QED) is 0.0922. The van der Waals surface area contributed by atoms with E-state index in [9.17, 15) is 19.5 Å². The van der Waals surface area contributed by atoms with E-state index < -0.39 is 181 Å². The van der Waals surface area contributed by atoms with Gasteiger partial charge in [0.1, 0.15) is 60.4 Å². The van der Waals surface area contributed by atoms with Crippen LogP contribution in [0.2, 0.25) is 0 Å². The predicted molar refractivity (Wildman–Crippen MR) is 405 cm³/mol. The average Bonchev–Trinajstić information content (AvgIpc) is 0.819. The first kappa shape index (κ1) is 90.3. The molecule has 594 valence electrons. The van der Waals surface area contributed by atoms with Crippen molar-refractivity contribution >= 4 is 70.9 Å². The highest BCUT2D eigenvalue weighted by atomic mass is 16.5. The lowest BCUT2D eigenvalue weighted by Gasteiger charge is -2.38. The Morgan fingerprint density at radius 3 is 1.54 bits per heavy atom. The number of nitrogens with zero attached hydrogens (tertiary/aromatic N) is 8. The van der Waals surface area contributed by atoms with Crippen molar-refractivity contribution in [2.45, 2.75) is 226 Å². The Hall–Kier alpha value is -8.08. The van der Waals surface area contributed by atoms with Gasteiger partial charge in [-0.1, -0.05) is 129 Å². The lowest BCUT2D eigenvalue weighted by molar-refractivity contribution is -0.152. The molecule has 6 N–H and O–H groups in total. The summed E-state index contributed by atoms with van der Waals surface area (Å²) in [5.41, 5.74) is 0.384. The Morgan fingerprint density at radius 2 is 1.05 bits per heavy atom. The molecule has 28 heteroatoms. The highest BCUT2D eigenvalue weighted by molar-refractivity contribution is 6.00. The molecule has 2 aliphatic rings. The number of ether oxygens (including phenoxy) is 2. The SMILES string of the molecule is CCCCN1CC(=O)N(C)[C@@H](CC(C)C)C(=O)N[C@@H](COC(C)(C)C)C(=O)N(C)[C@@H](Cc2ccccc2)C(=O)N(C)[C@@H](C(C)C)C(=O)N[C@H](C(=O)N2CCCCC2)CC(=O)N[C@H](C(C)C)C(=O)N(C)[C@@H](Cc2ccccc2)C(=O)N[C@@H](COCCN(C)C)C(=O)N(C)[C@@H](CC(C)C)C(=O)N[C@@H]([C@@H](C)O)C1=O. The number of carbonyl (C=O) groups excluding carboxylic acids is 12. The van der Waals surface area contributed by atoms with Crippen molar-refractivity contribution < 1.29 is 72.1 Å². The van der Waals surface area contributed by atoms with Crippen molar-refractivity contribution in [1.82, 2.24) is 65.8 Å². The number of hydrogen-bond acceptors (Lipinski definition) is 16. The summed E-state index contributed by atoms with van der Waals surface area (Å²) < 4.78 is 12.3. The molecule has 0 radical (unpaired) electrons. The van der Waals surface area contributed by atoms with Crippen molar-refractivity contribution in [3.63, 3.8) is 0 Å². The van der Waals surface area contributed by atoms with E-state index in [0.29, 0.717) is 56.4 Å². The van der Waals surface area contributed by atoms with Crippen LogP contribution >= 0.6 is 0 Å². The molecule has 0 unspecified atom stereocenters. The van der Waals surface area contributed by atoms with E-state index in [1.165, 1.54) is 66.7 Å². The third-order valence-corrected chi connectivity index (χ3v) is 19.4. The number of likely N-dealkylation sites (N-methyl/N-ethyl adjacent to an activating group) is 6. The van der Waals surface area contributed by atoms with Gasteiger partial charge in [-0.2, -0.15) is 0 Å². The van der Waals surface area contributed by atoms with E-state index in [1.807, 2.05) is 53.6 Å². The molecule has 0 saturated carbocycles. The number of unbranched alkanes of at least 4 members (excludes halogenated alkanes) is 1. The van der Waals surface area contributed by atoms with Crippen molar-refractivity contribution in [1.29, 1.82) is 0 Å². The Kier molecular flexibility index (Phi) is 36.7. The number of nitrogens with one attached hydrogen (secondary N) is 5. The van der Waals surface area contributed by atoms with Crippen LogP contribution in [0.5, 0.6) is 0 Å². The molecule has 28 nitrogen and oxygen atoms in total. The van der Waals surface area contributed by atoms with Gasteiger partial charge < -0.3 is 80.4 Å². The van der Waals surface area contributed by atoms with E-state index in [4.69, 9.17) is 9.47 Å². The standard InChI is InChI=1S/C78H127N13O15/c1-21-22-36-91-46-64(94)85(16)59(41-49(2)3)68(95)81-58(48-106-78(11,12)13)73(100)88(19)62(44-55-34-28-24-29-35-55)75(102)89(20)67(52(8)9)71(98)79-56(74(101)90-37-30-25-31-38-90)45-63(93)82-65(51(6)7)76(103)87(18)61(43-54-32-26-23-27-33-54)69(96)80-57(47-105-40-39-84(14)15)72(99)86(17)60(42-50(4)5)70(97)83-66(53(10)92)77(91)104/h23-24,26-29,32-35,49-53,56-62,65-67,92H,21-22,25,30-31,36-48H2,1-20H3,(H,79,98)(H,80,96)(H,81,95)(H,82,93)(H,83,97)/t53-,56+,57+,58+,59+,60+,61+,62+,65-,66+,67+/m1/s1. The van der Waals surface area contributed by atoms with Crippen LogP contribution in [0, 0.1) is 23.7 Å². The third kappa shape index (κ3) is 27.6. The van der Waals surface area contributed by atoms with Crippen molar-refractivity contribution in [3.8, 4) is 0 Å². The lowest BCUT2D eigenvalue weighted by Crippen LogP contribution is -2.63. The van der Waals surface area contributed by atoms with Gasteiger partial charge in [0.15, 0.2) is 0 Å². The van der Waals surface area contributed by atoms with Gasteiger partial charge in [0.25, 0.3) is 0 Å². The number of aliphatic hydroxyl groups excluding tert-OH is 1. The summed E-state index contributed by atoms with van der Waals surface area (Å²) in [6, 6.07) is 3.45. The fourth-order valence-electron chi connectivity index (χ4n) is 13.0. The highest BCUT2D eigenvalue weighted by Crippen LogP contribution is 2.23. The summed E-state index contributed by atoms with van der Waals surface area (Å²) in [5.74, 6) is -10.9. The van der Waals surface area contributed by atoms with Crippen molar-refractivity contribution in [2.75, 3.05) is 102 Å². The van der Waals surface area contributed by atoms with E-state index >= 15 is 43.2 Å². The fourth-order valence-corrected chi connectivity index (χ4v) is 13.0. The summed E-state index contributed by atoms with van der Waals surface area (Å²) in [7, 11) is 10.6. The number of rotatable bonds is 22. The van der Waals surface area contributed by atoms with Crippen LogP contribution in [-0.4, -0.2) is 289 Å². The molecule has 12 amide bonds. The largest absolute Gasteiger partial charge is 0.391 e. The Bertz CT molecular complexity index is 3210. The minimum absolute atomic E-state index is 0.0159. The Labute approximate surface area is 629 Å². The lowest BCUT2D eigenvalue weighted by atomic mass is 9.97. The number of piperidine rings is 1. The molecule has 0 aromatic heterocycles. The maximum Gasteiger partial charge on any atom is 0.248 e. The van der Waals surface area contributed by atoms with Crippen LogP contribution in [-0.2, 0) is 79.8 Å². The van der Waals surface area contributed by atoms with Crippen LogP contribution in [0.25, 0.3) is 0 Å². The maximum absolute atomic E-state index is 15.6. The summed E-state index contributed by atoms with van der Waals surface area (Å²) in [6.07, 6.45) is 0.765. The van der Waals surface area contributed by atoms with E-state index in [0.717, 1.165) is 11.3 Å². The zero-order valence-corrected chi connectivity index (χ0v) is 66.9. The fraction of sp³-hybridized carbons (Fsp3) is 0.692. The molecule has 11 atom stereocenters. The topological polar surface area (TPSA) is 330 Å². The van der Waals surface area contributed by atoms with Gasteiger partial charge in [0, 0.05) is 74.3 Å². The average molecular weight is 1490 g/mol. The van der Waals surface area contributed by atoms with Gasteiger partial charge in [-0.15, -0.1) is 0 Å². The molecular weight excluding hydrogens is 1360 g/mol. The molecule has 2 aromatic rings. The number of aliphatic hydroxyl groups is 1. The second-order valence-electron chi connectivity index (χ2n) is 31.4. The van der Waals surface area contributed by atoms with Crippen LogP contribution in [0.15, 0.2) is 60.7 Å². The van der Waals surface area contributed by atoms with Gasteiger partial charge in [0.2, 0.25) is 70.9 Å². The molecule has 0 aliphatic carbocycles. The molecular formula is C78H127N13O15. The maximum atomic E-state index is 15.6. The molecule has 106 heavy (non-hydrogen) atoms. The van der Waals surface area contributed by atoms with Crippen LogP contribution in [0.4, 0.5) is 0 Å². The molecule has 4 rings (SSSR count). The predicted octanol–water partition coefficient (Wildman–Crippen LogP) is 3.25. The molecule has 2 aromatic carbocycles. The highest BCUT2D eigenvalue weighted by Gasteiger charge is 2.44. The molecule has 2 saturated heterocycles. The van der Waals surface area contributed by atoms with E-state index in [-0.39, 0.29) is 50.7 Å². The molecule has 2 heterocycles. The van der Waals surface area contributed by atoms with Gasteiger partial charge in [0.05, 0.1) is 44.5 Å².